The molecular weight excluding hydrogens is 1500 g/mol. The summed E-state index contributed by atoms with van der Waals surface area (Å²) in [6.45, 7) is 71.1. The van der Waals surface area contributed by atoms with Gasteiger partial charge in [-0.1, -0.05) is 274 Å². The van der Waals surface area contributed by atoms with Crippen LogP contribution >= 0.6 is 0 Å². The van der Waals surface area contributed by atoms with Crippen molar-refractivity contribution in [1.82, 2.24) is 0 Å². The zero-order valence-electron chi connectivity index (χ0n) is 83.4. The molecule has 119 heavy (non-hydrogen) atoms. The molecule has 0 aromatic rings. The molecule has 1 N–H and O–H groups in total. The van der Waals surface area contributed by atoms with Crippen LogP contribution in [-0.2, 0) is 80.5 Å². The Labute approximate surface area is 741 Å². The summed E-state index contributed by atoms with van der Waals surface area (Å²) in [5.74, 6) is 10.0. The van der Waals surface area contributed by atoms with E-state index in [1.165, 1.54) is 167 Å². The van der Waals surface area contributed by atoms with E-state index in [-0.39, 0.29) is 6.61 Å². The van der Waals surface area contributed by atoms with Gasteiger partial charge in [0.2, 0.25) is 0 Å². The third-order valence-electron chi connectivity index (χ3n) is 20.8. The van der Waals surface area contributed by atoms with Crippen LogP contribution < -0.4 is 0 Å². The van der Waals surface area contributed by atoms with Gasteiger partial charge in [0, 0.05) is 59.5 Å². The van der Waals surface area contributed by atoms with Crippen molar-refractivity contribution < 1.29 is 85.6 Å². The van der Waals surface area contributed by atoms with Crippen LogP contribution in [0.25, 0.3) is 0 Å². The fourth-order valence-electron chi connectivity index (χ4n) is 14.0. The molecule has 18 heteroatoms. The summed E-state index contributed by atoms with van der Waals surface area (Å²) in [6.07, 6.45) is 42.9. The SMILES string of the molecule is CCC(CCCCCCOCCOCCOCCOCCOCCO)CC(C)C.CCCCCC(CCC)CCOCCC.CCCOCCC(C)CC(C)CCCC(C)C.CCCOCCOCCOCCOCCOCCC(C)CC(C)CCCC(C)C.CCCOCCOCCOCCOCCOCCC(C)CCCC(C)CC(C)C. The van der Waals surface area contributed by atoms with E-state index >= 15 is 0 Å². The smallest absolute Gasteiger partial charge is 0.0701 e. The van der Waals surface area contributed by atoms with Gasteiger partial charge in [-0.25, -0.2) is 0 Å². The third kappa shape index (κ3) is 121. The molecule has 0 heterocycles. The first kappa shape index (κ1) is 127. The summed E-state index contributed by atoms with van der Waals surface area (Å²) in [4.78, 5) is 0. The Balaban J connectivity index is -0.000000465. The quantitative estimate of drug-likeness (QED) is 0.0568. The van der Waals surface area contributed by atoms with E-state index < -0.39 is 0 Å². The van der Waals surface area contributed by atoms with E-state index in [9.17, 15) is 0 Å². The van der Waals surface area contributed by atoms with Crippen molar-refractivity contribution in [3.8, 4) is 0 Å². The van der Waals surface area contributed by atoms with Crippen LogP contribution in [0.4, 0.5) is 0 Å². The van der Waals surface area contributed by atoms with Crippen LogP contribution in [0.1, 0.15) is 357 Å². The maximum atomic E-state index is 8.55. The molecule has 8 atom stereocenters. The fraction of sp³-hybridized carbons (Fsp3) is 1.00. The van der Waals surface area contributed by atoms with Crippen molar-refractivity contribution in [1.29, 1.82) is 0 Å². The number of aliphatic hydroxyl groups excluding tert-OH is 1. The van der Waals surface area contributed by atoms with Crippen molar-refractivity contribution in [2.75, 3.05) is 231 Å². The lowest BCUT2D eigenvalue weighted by molar-refractivity contribution is -0.0134. The Morgan fingerprint density at radius 2 is 0.420 bits per heavy atom. The lowest BCUT2D eigenvalue weighted by Crippen LogP contribution is -2.14. The topological polar surface area (TPSA) is 177 Å². The number of aliphatic hydroxyl groups is 1. The molecule has 724 valence electrons. The first-order valence-electron chi connectivity index (χ1n) is 50.1. The molecule has 0 spiro atoms. The summed E-state index contributed by atoms with van der Waals surface area (Å²) in [5.41, 5.74) is 0. The van der Waals surface area contributed by atoms with Crippen molar-refractivity contribution in [3.63, 3.8) is 0 Å². The van der Waals surface area contributed by atoms with Crippen LogP contribution in [0.2, 0.25) is 0 Å². The third-order valence-corrected chi connectivity index (χ3v) is 20.8. The molecule has 0 amide bonds. The van der Waals surface area contributed by atoms with E-state index in [0.717, 1.165) is 175 Å². The lowest BCUT2D eigenvalue weighted by atomic mass is 9.90. The van der Waals surface area contributed by atoms with Gasteiger partial charge >= 0.3 is 0 Å². The van der Waals surface area contributed by atoms with Gasteiger partial charge in [0.15, 0.2) is 0 Å². The molecule has 0 saturated heterocycles. The van der Waals surface area contributed by atoms with Gasteiger partial charge in [0.05, 0.1) is 172 Å². The number of rotatable bonds is 92. The van der Waals surface area contributed by atoms with Gasteiger partial charge in [-0.3, -0.25) is 0 Å². The van der Waals surface area contributed by atoms with Gasteiger partial charge in [0.1, 0.15) is 0 Å². The molecule has 0 rings (SSSR count). The second-order valence-electron chi connectivity index (χ2n) is 35.9. The highest BCUT2D eigenvalue weighted by molar-refractivity contribution is 4.66. The summed E-state index contributed by atoms with van der Waals surface area (Å²) in [6, 6.07) is 0. The highest BCUT2D eigenvalue weighted by atomic mass is 16.6. The lowest BCUT2D eigenvalue weighted by Gasteiger charge is -2.17. The first-order chi connectivity index (χ1) is 57.7. The van der Waals surface area contributed by atoms with Crippen LogP contribution in [0, 0.1) is 71.0 Å². The second-order valence-corrected chi connectivity index (χ2v) is 35.9. The highest BCUT2D eigenvalue weighted by Gasteiger charge is 2.14. The maximum Gasteiger partial charge on any atom is 0.0701 e. The molecule has 0 aromatic carbocycles. The van der Waals surface area contributed by atoms with Crippen molar-refractivity contribution >= 4 is 0 Å². The molecule has 8 unspecified atom stereocenters. The summed E-state index contributed by atoms with van der Waals surface area (Å²) in [7, 11) is 0. The largest absolute Gasteiger partial charge is 0.394 e. The second kappa shape index (κ2) is 110. The average Bonchev–Trinajstić information content (AvgIpc) is 1.02. The fourth-order valence-corrected chi connectivity index (χ4v) is 14.0. The zero-order chi connectivity index (χ0) is 89.0. The van der Waals surface area contributed by atoms with Gasteiger partial charge in [0.25, 0.3) is 0 Å². The summed E-state index contributed by atoms with van der Waals surface area (Å²) >= 11 is 0. The number of hydrogen-bond donors (Lipinski definition) is 1. The number of hydrogen-bond acceptors (Lipinski definition) is 18. The van der Waals surface area contributed by atoms with Gasteiger partial charge in [-0.15, -0.1) is 0 Å². The monoisotopic (exact) mass is 1710 g/mol. The van der Waals surface area contributed by atoms with Crippen LogP contribution in [0.15, 0.2) is 0 Å². The Morgan fingerprint density at radius 3 is 0.739 bits per heavy atom. The number of unbranched alkanes of at least 4 members (excludes halogenated alkanes) is 5. The molecule has 0 saturated carbocycles. The van der Waals surface area contributed by atoms with Crippen LogP contribution in [0.3, 0.4) is 0 Å². The Kier molecular flexibility index (Phi) is 117. The average molecular weight is 1710 g/mol. The molecule has 0 aliphatic rings. The predicted molar refractivity (Wildman–Crippen MR) is 504 cm³/mol. The highest BCUT2D eigenvalue weighted by Crippen LogP contribution is 2.26. The number of ether oxygens (including phenoxy) is 17. The van der Waals surface area contributed by atoms with E-state index in [2.05, 4.69) is 145 Å². The van der Waals surface area contributed by atoms with E-state index in [4.69, 9.17) is 85.6 Å². The molecule has 0 aliphatic carbocycles. The van der Waals surface area contributed by atoms with Crippen molar-refractivity contribution in [3.05, 3.63) is 0 Å². The summed E-state index contributed by atoms with van der Waals surface area (Å²) < 4.78 is 92.9. The molecule has 0 aliphatic heterocycles. The molecule has 0 bridgehead atoms. The normalized spacial score (nSPS) is 13.7. The molecule has 18 nitrogen and oxygen atoms in total. The maximum absolute atomic E-state index is 8.55. The molecule has 0 fully saturated rings. The molecule has 0 radical (unpaired) electrons. The minimum atomic E-state index is 0.0479. The van der Waals surface area contributed by atoms with E-state index in [1.54, 1.807) is 0 Å². The molecular formula is C101H212O18. The minimum Gasteiger partial charge on any atom is -0.394 e. The van der Waals surface area contributed by atoms with E-state index in [0.29, 0.717) is 165 Å². The van der Waals surface area contributed by atoms with Gasteiger partial charge in [-0.2, -0.15) is 0 Å². The standard InChI is InChI=1S/2C24H50O5.C23H48O6.C16H34O.C14H30O/c1-6-11-25-13-15-27-17-19-29-20-18-28-16-14-26-12-10-23(4)8-7-9-24(5)21-22(2)3;1-6-11-25-13-15-27-17-19-29-20-18-28-16-14-26-12-10-24(5)21-23(4)9-7-8-22(2)3;1-4-23(21-22(2)3)9-7-5-6-8-11-25-13-15-27-17-19-29-20-18-28-16-14-26-12-10-24;1-6-11-17-12-10-16(5)13-15(4)9-7-8-14(2)3;1-4-7-8-10-14(9-5-2)11-13-15-12-6-3/h2*22-24H,6-21H2,1-5H3;22-24H,4-21H2,1-3H3;14-16H,6-13H2,1-5H3;14H,4-13H2,1-3H3. The minimum absolute atomic E-state index is 0.0479. The predicted octanol–water partition coefficient (Wildman–Crippen LogP) is 24.9. The van der Waals surface area contributed by atoms with Crippen molar-refractivity contribution in [2.45, 2.75) is 357 Å². The van der Waals surface area contributed by atoms with Crippen LogP contribution in [-0.4, -0.2) is 236 Å². The van der Waals surface area contributed by atoms with Gasteiger partial charge in [-0.05, 0) is 154 Å². The van der Waals surface area contributed by atoms with Crippen molar-refractivity contribution in [2.24, 2.45) is 71.0 Å². The van der Waals surface area contributed by atoms with Crippen LogP contribution in [0.5, 0.6) is 0 Å². The Bertz CT molecular complexity index is 1740. The first-order valence-corrected chi connectivity index (χ1v) is 50.1. The Morgan fingerprint density at radius 1 is 0.160 bits per heavy atom. The van der Waals surface area contributed by atoms with E-state index in [1.807, 2.05) is 0 Å². The summed E-state index contributed by atoms with van der Waals surface area (Å²) in [5, 5.41) is 8.55. The Hall–Kier alpha value is -0.720. The zero-order valence-corrected chi connectivity index (χ0v) is 83.4. The molecule has 0 aromatic heterocycles. The van der Waals surface area contributed by atoms with Gasteiger partial charge < -0.3 is 85.6 Å².